The molecule has 6 heteroatoms. The smallest absolute Gasteiger partial charge is 0.253 e. The highest BCUT2D eigenvalue weighted by Gasteiger charge is 2.15. The molecule has 0 atom stereocenters. The third-order valence-corrected chi connectivity index (χ3v) is 4.62. The largest absolute Gasteiger partial charge is 0.358 e. The molecule has 0 aliphatic heterocycles. The van der Waals surface area contributed by atoms with Gasteiger partial charge in [0.25, 0.3) is 5.91 Å². The summed E-state index contributed by atoms with van der Waals surface area (Å²) in [6, 6.07) is 5.50. The second-order valence-electron chi connectivity index (χ2n) is 5.49. The maximum Gasteiger partial charge on any atom is 0.253 e. The molecule has 0 fully saturated rings. The van der Waals surface area contributed by atoms with Gasteiger partial charge in [0.15, 0.2) is 0 Å². The fraction of sp³-hybridized carbons (Fsp3) is 0.400. The molecule has 114 valence electrons. The van der Waals surface area contributed by atoms with E-state index in [2.05, 4.69) is 4.98 Å². The van der Waals surface area contributed by atoms with Gasteiger partial charge in [-0.15, -0.1) is 0 Å². The Hall–Kier alpha value is -1.82. The molecule has 0 bridgehead atoms. The van der Waals surface area contributed by atoms with Gasteiger partial charge in [0.05, 0.1) is 5.75 Å². The number of benzene rings is 1. The third-order valence-electron chi connectivity index (χ3n) is 3.70. The lowest BCUT2D eigenvalue weighted by molar-refractivity contribution is 0.0803. The molecule has 2 rings (SSSR count). The maximum absolute atomic E-state index is 12.3. The number of hydrogen-bond donors (Lipinski definition) is 1. The Labute approximate surface area is 124 Å². The van der Waals surface area contributed by atoms with Gasteiger partial charge in [-0.05, 0) is 37.6 Å². The standard InChI is InChI=1S/C15H20N2O3S/c1-10-11(2)16-14-6-5-12(9-13(10)14)15(18)17(3)7-8-21(4,19)20/h5-6,9,16H,7-8H2,1-4H3. The van der Waals surface area contributed by atoms with E-state index in [-0.39, 0.29) is 18.2 Å². The van der Waals surface area contributed by atoms with Crippen molar-refractivity contribution in [2.24, 2.45) is 0 Å². The lowest BCUT2D eigenvalue weighted by atomic mass is 10.1. The SMILES string of the molecule is Cc1[nH]c2ccc(C(=O)N(C)CCS(C)(=O)=O)cc2c1C. The molecule has 0 aliphatic rings. The zero-order chi connectivity index (χ0) is 15.8. The van der Waals surface area contributed by atoms with Crippen molar-refractivity contribution in [2.45, 2.75) is 13.8 Å². The van der Waals surface area contributed by atoms with Crippen molar-refractivity contribution in [1.82, 2.24) is 9.88 Å². The number of amides is 1. The lowest BCUT2D eigenvalue weighted by Gasteiger charge is -2.16. The number of fused-ring (bicyclic) bond motifs is 1. The van der Waals surface area contributed by atoms with Gasteiger partial charge in [-0.2, -0.15) is 0 Å². The summed E-state index contributed by atoms with van der Waals surface area (Å²) < 4.78 is 22.3. The molecule has 1 heterocycles. The monoisotopic (exact) mass is 308 g/mol. The number of rotatable bonds is 4. The van der Waals surface area contributed by atoms with Crippen molar-refractivity contribution in [2.75, 3.05) is 25.6 Å². The first kappa shape index (κ1) is 15.6. The van der Waals surface area contributed by atoms with Crippen LogP contribution in [0.1, 0.15) is 21.6 Å². The Balaban J connectivity index is 2.24. The van der Waals surface area contributed by atoms with Crippen LogP contribution in [0.2, 0.25) is 0 Å². The number of carbonyl (C=O) groups excluding carboxylic acids is 1. The summed E-state index contributed by atoms with van der Waals surface area (Å²) in [4.78, 5) is 17.0. The van der Waals surface area contributed by atoms with Gasteiger partial charge in [-0.3, -0.25) is 4.79 Å². The number of hydrogen-bond acceptors (Lipinski definition) is 3. The van der Waals surface area contributed by atoms with Crippen molar-refractivity contribution in [3.63, 3.8) is 0 Å². The highest BCUT2D eigenvalue weighted by Crippen LogP contribution is 2.22. The van der Waals surface area contributed by atoms with E-state index in [4.69, 9.17) is 0 Å². The minimum absolute atomic E-state index is 0.0280. The van der Waals surface area contributed by atoms with E-state index in [9.17, 15) is 13.2 Å². The van der Waals surface area contributed by atoms with E-state index in [1.54, 1.807) is 13.1 Å². The Bertz CT molecular complexity index is 791. The fourth-order valence-electron chi connectivity index (χ4n) is 2.22. The predicted molar refractivity (Wildman–Crippen MR) is 84.4 cm³/mol. The number of carbonyl (C=O) groups is 1. The van der Waals surface area contributed by atoms with Crippen LogP contribution in [-0.2, 0) is 9.84 Å². The van der Waals surface area contributed by atoms with Gasteiger partial charge in [0.2, 0.25) is 0 Å². The normalized spacial score (nSPS) is 11.8. The Morgan fingerprint density at radius 1 is 1.29 bits per heavy atom. The molecule has 0 radical (unpaired) electrons. The predicted octanol–water partition coefficient (Wildman–Crippen LogP) is 1.90. The highest BCUT2D eigenvalue weighted by atomic mass is 32.2. The Morgan fingerprint density at radius 2 is 1.95 bits per heavy atom. The van der Waals surface area contributed by atoms with Crippen LogP contribution in [-0.4, -0.2) is 49.8 Å². The number of aryl methyl sites for hydroxylation is 2. The molecule has 0 saturated heterocycles. The fourth-order valence-corrected chi connectivity index (χ4v) is 2.82. The second kappa shape index (κ2) is 5.52. The molecule has 0 unspecified atom stereocenters. The number of nitrogens with zero attached hydrogens (tertiary/aromatic N) is 1. The molecule has 1 aromatic carbocycles. The van der Waals surface area contributed by atoms with E-state index >= 15 is 0 Å². The molecular formula is C15H20N2O3S. The number of aromatic amines is 1. The molecule has 0 saturated carbocycles. The van der Waals surface area contributed by atoms with Gasteiger partial charge in [0.1, 0.15) is 9.84 Å². The number of H-pyrrole nitrogens is 1. The lowest BCUT2D eigenvalue weighted by Crippen LogP contribution is -2.31. The molecule has 0 spiro atoms. The number of nitrogens with one attached hydrogen (secondary N) is 1. The molecule has 1 aromatic heterocycles. The summed E-state index contributed by atoms with van der Waals surface area (Å²) in [5, 5.41) is 1.02. The van der Waals surface area contributed by atoms with Crippen LogP contribution in [0.4, 0.5) is 0 Å². The zero-order valence-electron chi connectivity index (χ0n) is 12.7. The van der Waals surface area contributed by atoms with E-state index in [1.807, 2.05) is 26.0 Å². The van der Waals surface area contributed by atoms with Crippen molar-refractivity contribution in [3.8, 4) is 0 Å². The number of aromatic nitrogens is 1. The van der Waals surface area contributed by atoms with E-state index in [0.29, 0.717) is 5.56 Å². The van der Waals surface area contributed by atoms with Crippen LogP contribution in [0.25, 0.3) is 10.9 Å². The molecule has 21 heavy (non-hydrogen) atoms. The van der Waals surface area contributed by atoms with Crippen LogP contribution < -0.4 is 0 Å². The zero-order valence-corrected chi connectivity index (χ0v) is 13.5. The molecule has 2 aromatic rings. The Kier molecular flexibility index (Phi) is 4.09. The molecule has 1 N–H and O–H groups in total. The van der Waals surface area contributed by atoms with Gasteiger partial charge in [0, 0.05) is 42.0 Å². The van der Waals surface area contributed by atoms with Gasteiger partial charge < -0.3 is 9.88 Å². The van der Waals surface area contributed by atoms with E-state index in [1.165, 1.54) is 11.2 Å². The molecule has 5 nitrogen and oxygen atoms in total. The van der Waals surface area contributed by atoms with Crippen molar-refractivity contribution >= 4 is 26.6 Å². The van der Waals surface area contributed by atoms with Gasteiger partial charge >= 0.3 is 0 Å². The second-order valence-corrected chi connectivity index (χ2v) is 7.75. The number of sulfone groups is 1. The average molecular weight is 308 g/mol. The first-order valence-corrected chi connectivity index (χ1v) is 8.77. The minimum atomic E-state index is -3.07. The quantitative estimate of drug-likeness (QED) is 0.938. The summed E-state index contributed by atoms with van der Waals surface area (Å²) in [7, 11) is -1.45. The summed E-state index contributed by atoms with van der Waals surface area (Å²) >= 11 is 0. The summed E-state index contributed by atoms with van der Waals surface area (Å²) in [6.07, 6.45) is 1.17. The van der Waals surface area contributed by atoms with E-state index < -0.39 is 9.84 Å². The summed E-state index contributed by atoms with van der Waals surface area (Å²) in [5.41, 5.74) is 3.78. The van der Waals surface area contributed by atoms with Crippen molar-refractivity contribution in [1.29, 1.82) is 0 Å². The van der Waals surface area contributed by atoms with Crippen molar-refractivity contribution in [3.05, 3.63) is 35.0 Å². The van der Waals surface area contributed by atoms with Crippen LogP contribution >= 0.6 is 0 Å². The molecule has 1 amide bonds. The summed E-state index contributed by atoms with van der Waals surface area (Å²) in [5.74, 6) is -0.196. The minimum Gasteiger partial charge on any atom is -0.358 e. The van der Waals surface area contributed by atoms with Crippen LogP contribution in [0.5, 0.6) is 0 Å². The topological polar surface area (TPSA) is 70.2 Å². The third kappa shape index (κ3) is 3.44. The highest BCUT2D eigenvalue weighted by molar-refractivity contribution is 7.90. The first-order chi connectivity index (χ1) is 9.69. The average Bonchev–Trinajstić information content (AvgIpc) is 2.69. The molecule has 0 aliphatic carbocycles. The van der Waals surface area contributed by atoms with Crippen LogP contribution in [0.15, 0.2) is 18.2 Å². The van der Waals surface area contributed by atoms with Gasteiger partial charge in [-0.1, -0.05) is 0 Å². The van der Waals surface area contributed by atoms with Gasteiger partial charge in [-0.25, -0.2) is 8.42 Å². The Morgan fingerprint density at radius 3 is 2.57 bits per heavy atom. The molecular weight excluding hydrogens is 288 g/mol. The first-order valence-electron chi connectivity index (χ1n) is 6.71. The summed E-state index contributed by atoms with van der Waals surface area (Å²) in [6.45, 7) is 4.20. The van der Waals surface area contributed by atoms with Crippen LogP contribution in [0.3, 0.4) is 0 Å². The maximum atomic E-state index is 12.3. The van der Waals surface area contributed by atoms with Crippen LogP contribution in [0, 0.1) is 13.8 Å². The van der Waals surface area contributed by atoms with E-state index in [0.717, 1.165) is 22.2 Å². The van der Waals surface area contributed by atoms with Crippen molar-refractivity contribution < 1.29 is 13.2 Å².